The zero-order valence-corrected chi connectivity index (χ0v) is 11.4. The van der Waals surface area contributed by atoms with Crippen molar-refractivity contribution in [1.82, 2.24) is 9.88 Å². The van der Waals surface area contributed by atoms with Crippen LogP contribution in [0.4, 0.5) is 0 Å². The van der Waals surface area contributed by atoms with E-state index in [9.17, 15) is 9.59 Å². The Morgan fingerprint density at radius 3 is 2.75 bits per heavy atom. The van der Waals surface area contributed by atoms with Crippen LogP contribution in [0.3, 0.4) is 0 Å². The Morgan fingerprint density at radius 1 is 1.35 bits per heavy atom. The van der Waals surface area contributed by atoms with E-state index in [0.29, 0.717) is 17.9 Å². The third-order valence-electron chi connectivity index (χ3n) is 3.59. The number of hydrogen-bond acceptors (Lipinski definition) is 2. The van der Waals surface area contributed by atoms with Gasteiger partial charge in [-0.3, -0.25) is 4.79 Å². The van der Waals surface area contributed by atoms with Gasteiger partial charge in [-0.2, -0.15) is 0 Å². The van der Waals surface area contributed by atoms with Gasteiger partial charge in [0.2, 0.25) is 5.91 Å². The zero-order valence-electron chi connectivity index (χ0n) is 10.6. The quantitative estimate of drug-likeness (QED) is 0.906. The number of carboxylic acids is 1. The topological polar surface area (TPSA) is 71.3 Å². The third kappa shape index (κ3) is 2.25. The van der Waals surface area contributed by atoms with Crippen LogP contribution in [-0.4, -0.2) is 27.1 Å². The van der Waals surface area contributed by atoms with Crippen LogP contribution in [0, 0.1) is 0 Å². The SMILES string of the molecule is O=C(Cn1ccc2ccc(Cl)cc21)NC1(C(=O)O)CC1. The fourth-order valence-corrected chi connectivity index (χ4v) is 2.44. The maximum absolute atomic E-state index is 12.0. The molecule has 1 aliphatic rings. The minimum atomic E-state index is -1.04. The zero-order chi connectivity index (χ0) is 14.3. The smallest absolute Gasteiger partial charge is 0.329 e. The summed E-state index contributed by atoms with van der Waals surface area (Å²) in [5.41, 5.74) is -0.189. The minimum absolute atomic E-state index is 0.0822. The molecule has 1 aromatic carbocycles. The Kier molecular flexibility index (Phi) is 2.94. The lowest BCUT2D eigenvalue weighted by Gasteiger charge is -2.13. The summed E-state index contributed by atoms with van der Waals surface area (Å²) in [5.74, 6) is -1.27. The second kappa shape index (κ2) is 4.52. The Hall–Kier alpha value is -2.01. The van der Waals surface area contributed by atoms with Gasteiger partial charge in [0, 0.05) is 16.7 Å². The van der Waals surface area contributed by atoms with E-state index in [0.717, 1.165) is 10.9 Å². The molecular weight excluding hydrogens is 280 g/mol. The van der Waals surface area contributed by atoms with Gasteiger partial charge < -0.3 is 15.0 Å². The maximum Gasteiger partial charge on any atom is 0.329 e. The average Bonchev–Trinajstić information content (AvgIpc) is 3.07. The first kappa shape index (κ1) is 13.0. The minimum Gasteiger partial charge on any atom is -0.480 e. The Labute approximate surface area is 120 Å². The van der Waals surface area contributed by atoms with Crippen LogP contribution in [0.1, 0.15) is 12.8 Å². The molecular formula is C14H13ClN2O3. The Bertz CT molecular complexity index is 704. The van der Waals surface area contributed by atoms with Crippen molar-refractivity contribution < 1.29 is 14.7 Å². The number of benzene rings is 1. The predicted octanol–water partition coefficient (Wildman–Crippen LogP) is 2.03. The standard InChI is InChI=1S/C14H13ClN2O3/c15-10-2-1-9-3-6-17(11(9)7-10)8-12(18)16-14(4-5-14)13(19)20/h1-3,6-7H,4-5,8H2,(H,16,18)(H,19,20). The highest BCUT2D eigenvalue weighted by atomic mass is 35.5. The molecule has 6 heteroatoms. The molecule has 0 unspecified atom stereocenters. The molecule has 0 atom stereocenters. The largest absolute Gasteiger partial charge is 0.480 e. The van der Waals surface area contributed by atoms with Gasteiger partial charge in [-0.1, -0.05) is 17.7 Å². The number of fused-ring (bicyclic) bond motifs is 1. The molecule has 5 nitrogen and oxygen atoms in total. The molecule has 1 fully saturated rings. The average molecular weight is 293 g/mol. The fourth-order valence-electron chi connectivity index (χ4n) is 2.27. The summed E-state index contributed by atoms with van der Waals surface area (Å²) in [6.07, 6.45) is 2.78. The van der Waals surface area contributed by atoms with Crippen molar-refractivity contribution in [1.29, 1.82) is 0 Å². The van der Waals surface area contributed by atoms with Crippen LogP contribution in [-0.2, 0) is 16.1 Å². The van der Waals surface area contributed by atoms with Gasteiger partial charge in [0.05, 0.1) is 0 Å². The summed E-state index contributed by atoms with van der Waals surface area (Å²) in [7, 11) is 0. The lowest BCUT2D eigenvalue weighted by atomic mass is 10.2. The summed E-state index contributed by atoms with van der Waals surface area (Å²) in [4.78, 5) is 23.0. The number of carboxylic acid groups (broad SMARTS) is 1. The van der Waals surface area contributed by atoms with Crippen molar-refractivity contribution in [3.05, 3.63) is 35.5 Å². The molecule has 0 bridgehead atoms. The van der Waals surface area contributed by atoms with Crippen molar-refractivity contribution in [2.24, 2.45) is 0 Å². The van der Waals surface area contributed by atoms with Crippen LogP contribution in [0.2, 0.25) is 5.02 Å². The van der Waals surface area contributed by atoms with Gasteiger partial charge in [0.25, 0.3) is 0 Å². The fraction of sp³-hybridized carbons (Fsp3) is 0.286. The third-order valence-corrected chi connectivity index (χ3v) is 3.82. The summed E-state index contributed by atoms with van der Waals surface area (Å²) in [6.45, 7) is 0.0822. The lowest BCUT2D eigenvalue weighted by molar-refractivity contribution is -0.143. The molecule has 2 N–H and O–H groups in total. The first-order valence-corrected chi connectivity index (χ1v) is 6.67. The van der Waals surface area contributed by atoms with E-state index in [1.165, 1.54) is 0 Å². The number of aliphatic carboxylic acids is 1. The van der Waals surface area contributed by atoms with Gasteiger partial charge in [0.1, 0.15) is 12.1 Å². The molecule has 1 aromatic heterocycles. The van der Waals surface area contributed by atoms with E-state index in [1.807, 2.05) is 12.1 Å². The number of carbonyl (C=O) groups is 2. The number of nitrogens with zero attached hydrogens (tertiary/aromatic N) is 1. The molecule has 1 saturated carbocycles. The molecule has 104 valence electrons. The molecule has 20 heavy (non-hydrogen) atoms. The number of nitrogens with one attached hydrogen (secondary N) is 1. The summed E-state index contributed by atoms with van der Waals surface area (Å²) in [5, 5.41) is 13.2. The Morgan fingerprint density at radius 2 is 2.10 bits per heavy atom. The van der Waals surface area contributed by atoms with Gasteiger partial charge in [-0.15, -0.1) is 0 Å². The van der Waals surface area contributed by atoms with E-state index >= 15 is 0 Å². The molecule has 0 saturated heterocycles. The molecule has 0 radical (unpaired) electrons. The van der Waals surface area contributed by atoms with E-state index in [-0.39, 0.29) is 12.5 Å². The number of halogens is 1. The number of carbonyl (C=O) groups excluding carboxylic acids is 1. The number of amides is 1. The summed E-state index contributed by atoms with van der Waals surface area (Å²) >= 11 is 5.95. The molecule has 1 amide bonds. The molecule has 2 aromatic rings. The van der Waals surface area contributed by atoms with Crippen LogP contribution in [0.5, 0.6) is 0 Å². The van der Waals surface area contributed by atoms with Gasteiger partial charge in [-0.05, 0) is 36.4 Å². The van der Waals surface area contributed by atoms with E-state index < -0.39 is 11.5 Å². The van der Waals surface area contributed by atoms with Crippen molar-refractivity contribution in [2.75, 3.05) is 0 Å². The molecule has 0 spiro atoms. The first-order chi connectivity index (χ1) is 9.50. The van der Waals surface area contributed by atoms with Crippen LogP contribution >= 0.6 is 11.6 Å². The molecule has 0 aliphatic heterocycles. The molecule has 1 aliphatic carbocycles. The van der Waals surface area contributed by atoms with E-state index in [2.05, 4.69) is 5.32 Å². The second-order valence-electron chi connectivity index (χ2n) is 5.08. The summed E-state index contributed by atoms with van der Waals surface area (Å²) < 4.78 is 1.76. The van der Waals surface area contributed by atoms with Crippen molar-refractivity contribution in [3.63, 3.8) is 0 Å². The van der Waals surface area contributed by atoms with Crippen molar-refractivity contribution in [3.8, 4) is 0 Å². The molecule has 3 rings (SSSR count). The van der Waals surface area contributed by atoms with Gasteiger partial charge in [0.15, 0.2) is 0 Å². The Balaban J connectivity index is 1.78. The lowest BCUT2D eigenvalue weighted by Crippen LogP contribution is -2.44. The highest BCUT2D eigenvalue weighted by molar-refractivity contribution is 6.31. The highest BCUT2D eigenvalue weighted by Gasteiger charge is 2.51. The maximum atomic E-state index is 12.0. The number of hydrogen-bond donors (Lipinski definition) is 2. The monoisotopic (exact) mass is 292 g/mol. The molecule has 1 heterocycles. The number of aromatic nitrogens is 1. The normalized spacial score (nSPS) is 16.1. The van der Waals surface area contributed by atoms with E-state index in [1.54, 1.807) is 22.9 Å². The van der Waals surface area contributed by atoms with Crippen LogP contribution in [0.15, 0.2) is 30.5 Å². The van der Waals surface area contributed by atoms with Gasteiger partial charge in [-0.25, -0.2) is 4.79 Å². The number of rotatable bonds is 4. The van der Waals surface area contributed by atoms with Crippen LogP contribution < -0.4 is 5.32 Å². The predicted molar refractivity (Wildman–Crippen MR) is 74.7 cm³/mol. The highest BCUT2D eigenvalue weighted by Crippen LogP contribution is 2.35. The second-order valence-corrected chi connectivity index (χ2v) is 5.52. The van der Waals surface area contributed by atoms with E-state index in [4.69, 9.17) is 16.7 Å². The van der Waals surface area contributed by atoms with Crippen LogP contribution in [0.25, 0.3) is 10.9 Å². The van der Waals surface area contributed by atoms with Crippen molar-refractivity contribution >= 4 is 34.4 Å². The van der Waals surface area contributed by atoms with Gasteiger partial charge >= 0.3 is 5.97 Å². The summed E-state index contributed by atoms with van der Waals surface area (Å²) in [6, 6.07) is 7.35. The van der Waals surface area contributed by atoms with Crippen molar-refractivity contribution in [2.45, 2.75) is 24.9 Å². The first-order valence-electron chi connectivity index (χ1n) is 6.29.